The first-order valence-electron chi connectivity index (χ1n) is 7.63. The molecule has 1 aliphatic heterocycles. The molecule has 2 atom stereocenters. The van der Waals surface area contributed by atoms with E-state index in [0.29, 0.717) is 28.7 Å². The maximum atomic E-state index is 13.2. The number of aromatic nitrogens is 2. The van der Waals surface area contributed by atoms with Crippen LogP contribution in [0.3, 0.4) is 0 Å². The average Bonchev–Trinajstić information content (AvgIpc) is 2.89. The number of hydrogen-bond acceptors (Lipinski definition) is 2. The molecule has 2 unspecified atom stereocenters. The standard InChI is InChI=1S/C16H18FN3O/c17-12-4-5-13-14(7-12)19-15(18-13)16(21)20-8-10-2-1-3-11(6-10)9-20/h4-5,7,10-11H,1-3,6,8-9H2,(H,18,19). The Balaban J connectivity index is 1.60. The van der Waals surface area contributed by atoms with Gasteiger partial charge < -0.3 is 9.88 Å². The Labute approximate surface area is 122 Å². The van der Waals surface area contributed by atoms with Gasteiger partial charge in [-0.25, -0.2) is 9.37 Å². The van der Waals surface area contributed by atoms with E-state index in [-0.39, 0.29) is 11.7 Å². The molecule has 2 aliphatic rings. The van der Waals surface area contributed by atoms with Crippen molar-refractivity contribution in [3.63, 3.8) is 0 Å². The summed E-state index contributed by atoms with van der Waals surface area (Å²) in [5, 5.41) is 0. The van der Waals surface area contributed by atoms with Crippen molar-refractivity contribution in [1.82, 2.24) is 14.9 Å². The van der Waals surface area contributed by atoms with Crippen LogP contribution in [0.15, 0.2) is 18.2 Å². The zero-order valence-electron chi connectivity index (χ0n) is 11.8. The highest BCUT2D eigenvalue weighted by molar-refractivity contribution is 5.94. The van der Waals surface area contributed by atoms with Crippen molar-refractivity contribution in [2.45, 2.75) is 25.7 Å². The monoisotopic (exact) mass is 287 g/mol. The van der Waals surface area contributed by atoms with Crippen LogP contribution < -0.4 is 0 Å². The van der Waals surface area contributed by atoms with Crippen molar-refractivity contribution in [2.24, 2.45) is 11.8 Å². The number of piperidine rings is 1. The lowest BCUT2D eigenvalue weighted by molar-refractivity contribution is 0.0494. The molecule has 4 rings (SSSR count). The number of rotatable bonds is 1. The molecule has 2 aromatic rings. The Morgan fingerprint density at radius 3 is 2.81 bits per heavy atom. The van der Waals surface area contributed by atoms with Gasteiger partial charge in [0.15, 0.2) is 5.82 Å². The molecular weight excluding hydrogens is 269 g/mol. The maximum Gasteiger partial charge on any atom is 0.289 e. The van der Waals surface area contributed by atoms with E-state index in [1.165, 1.54) is 37.8 Å². The molecular formula is C16H18FN3O. The first-order valence-corrected chi connectivity index (χ1v) is 7.63. The van der Waals surface area contributed by atoms with Gasteiger partial charge in [-0.2, -0.15) is 0 Å². The summed E-state index contributed by atoms with van der Waals surface area (Å²) in [5.74, 6) is 1.24. The Morgan fingerprint density at radius 2 is 2.05 bits per heavy atom. The summed E-state index contributed by atoms with van der Waals surface area (Å²) in [7, 11) is 0. The first kappa shape index (κ1) is 12.8. The zero-order chi connectivity index (χ0) is 14.4. The van der Waals surface area contributed by atoms with Crippen molar-refractivity contribution < 1.29 is 9.18 Å². The van der Waals surface area contributed by atoms with E-state index in [0.717, 1.165) is 13.1 Å². The van der Waals surface area contributed by atoms with Crippen LogP contribution in [0.2, 0.25) is 0 Å². The molecule has 1 saturated heterocycles. The molecule has 4 nitrogen and oxygen atoms in total. The fourth-order valence-electron chi connectivity index (χ4n) is 3.83. The van der Waals surface area contributed by atoms with Crippen molar-refractivity contribution >= 4 is 16.9 Å². The van der Waals surface area contributed by atoms with E-state index in [2.05, 4.69) is 9.97 Å². The fourth-order valence-corrected chi connectivity index (χ4v) is 3.83. The van der Waals surface area contributed by atoms with E-state index in [9.17, 15) is 9.18 Å². The van der Waals surface area contributed by atoms with Crippen molar-refractivity contribution in [3.05, 3.63) is 29.8 Å². The van der Waals surface area contributed by atoms with E-state index in [4.69, 9.17) is 0 Å². The predicted octanol–water partition coefficient (Wildman–Crippen LogP) is 2.96. The molecule has 110 valence electrons. The highest BCUT2D eigenvalue weighted by Gasteiger charge is 2.33. The van der Waals surface area contributed by atoms with Gasteiger partial charge in [0.2, 0.25) is 0 Å². The molecule has 1 aromatic carbocycles. The molecule has 2 fully saturated rings. The molecule has 0 radical (unpaired) electrons. The number of amides is 1. The number of nitrogens with one attached hydrogen (secondary N) is 1. The lowest BCUT2D eigenvalue weighted by Gasteiger charge is -2.41. The summed E-state index contributed by atoms with van der Waals surface area (Å²) < 4.78 is 13.2. The molecule has 0 spiro atoms. The van der Waals surface area contributed by atoms with Gasteiger partial charge in [-0.05, 0) is 49.3 Å². The number of H-pyrrole nitrogens is 1. The topological polar surface area (TPSA) is 49.0 Å². The second kappa shape index (κ2) is 4.83. The summed E-state index contributed by atoms with van der Waals surface area (Å²) in [6, 6.07) is 4.34. The van der Waals surface area contributed by atoms with Gasteiger partial charge >= 0.3 is 0 Å². The molecule has 1 aromatic heterocycles. The number of hydrogen-bond donors (Lipinski definition) is 1. The third-order valence-corrected chi connectivity index (χ3v) is 4.78. The quantitative estimate of drug-likeness (QED) is 0.876. The third-order valence-electron chi connectivity index (χ3n) is 4.78. The molecule has 1 aliphatic carbocycles. The van der Waals surface area contributed by atoms with Gasteiger partial charge in [0.1, 0.15) is 5.82 Å². The zero-order valence-corrected chi connectivity index (χ0v) is 11.8. The number of likely N-dealkylation sites (tertiary alicyclic amines) is 1. The SMILES string of the molecule is O=C(c1nc2ccc(F)cc2[nH]1)N1CC2CCCC(C2)C1. The summed E-state index contributed by atoms with van der Waals surface area (Å²) in [5.41, 5.74) is 1.22. The van der Waals surface area contributed by atoms with E-state index in [1.807, 2.05) is 4.90 Å². The van der Waals surface area contributed by atoms with Crippen LogP contribution in [0.25, 0.3) is 11.0 Å². The normalized spacial score (nSPS) is 25.3. The van der Waals surface area contributed by atoms with E-state index < -0.39 is 0 Å². The van der Waals surface area contributed by atoms with Crippen LogP contribution >= 0.6 is 0 Å². The molecule has 2 heterocycles. The number of carbonyl (C=O) groups excluding carboxylic acids is 1. The predicted molar refractivity (Wildman–Crippen MR) is 77.4 cm³/mol. The van der Waals surface area contributed by atoms with Gasteiger partial charge in [0.05, 0.1) is 11.0 Å². The minimum Gasteiger partial charge on any atom is -0.335 e. The molecule has 5 heteroatoms. The lowest BCUT2D eigenvalue weighted by Crippen LogP contribution is -2.46. The lowest BCUT2D eigenvalue weighted by atomic mass is 9.78. The average molecular weight is 287 g/mol. The number of imidazole rings is 1. The minimum absolute atomic E-state index is 0.0526. The molecule has 21 heavy (non-hydrogen) atoms. The smallest absolute Gasteiger partial charge is 0.289 e. The van der Waals surface area contributed by atoms with Crippen LogP contribution in [-0.4, -0.2) is 33.9 Å². The maximum absolute atomic E-state index is 13.2. The van der Waals surface area contributed by atoms with Gasteiger partial charge in [-0.15, -0.1) is 0 Å². The highest BCUT2D eigenvalue weighted by atomic mass is 19.1. The van der Waals surface area contributed by atoms with Crippen LogP contribution in [0.4, 0.5) is 4.39 Å². The number of nitrogens with zero attached hydrogens (tertiary/aromatic N) is 2. The summed E-state index contributed by atoms with van der Waals surface area (Å²) >= 11 is 0. The van der Waals surface area contributed by atoms with Crippen molar-refractivity contribution in [2.75, 3.05) is 13.1 Å². The van der Waals surface area contributed by atoms with Crippen LogP contribution in [-0.2, 0) is 0 Å². The number of halogens is 1. The van der Waals surface area contributed by atoms with Gasteiger partial charge in [0, 0.05) is 13.1 Å². The summed E-state index contributed by atoms with van der Waals surface area (Å²) in [6.45, 7) is 1.67. The Bertz CT molecular complexity index is 684. The van der Waals surface area contributed by atoms with E-state index in [1.54, 1.807) is 6.07 Å². The third kappa shape index (κ3) is 2.30. The van der Waals surface area contributed by atoms with Gasteiger partial charge in [0.25, 0.3) is 5.91 Å². The highest BCUT2D eigenvalue weighted by Crippen LogP contribution is 2.34. The fraction of sp³-hybridized carbons (Fsp3) is 0.500. The second-order valence-corrected chi connectivity index (χ2v) is 6.36. The molecule has 1 N–H and O–H groups in total. The molecule has 2 bridgehead atoms. The Morgan fingerprint density at radius 1 is 1.29 bits per heavy atom. The second-order valence-electron chi connectivity index (χ2n) is 6.36. The number of aromatic amines is 1. The Hall–Kier alpha value is -1.91. The number of benzene rings is 1. The van der Waals surface area contributed by atoms with Crippen LogP contribution in [0.5, 0.6) is 0 Å². The van der Waals surface area contributed by atoms with Crippen LogP contribution in [0.1, 0.15) is 36.3 Å². The van der Waals surface area contributed by atoms with Crippen molar-refractivity contribution in [1.29, 1.82) is 0 Å². The van der Waals surface area contributed by atoms with E-state index >= 15 is 0 Å². The first-order chi connectivity index (χ1) is 10.2. The number of fused-ring (bicyclic) bond motifs is 3. The Kier molecular flexibility index (Phi) is 2.94. The largest absolute Gasteiger partial charge is 0.335 e. The van der Waals surface area contributed by atoms with Crippen molar-refractivity contribution in [3.8, 4) is 0 Å². The summed E-state index contributed by atoms with van der Waals surface area (Å²) in [6.07, 6.45) is 5.01. The minimum atomic E-state index is -0.322. The van der Waals surface area contributed by atoms with Gasteiger partial charge in [-0.1, -0.05) is 6.42 Å². The van der Waals surface area contributed by atoms with Crippen LogP contribution in [0, 0.1) is 17.7 Å². The number of carbonyl (C=O) groups is 1. The summed E-state index contributed by atoms with van der Waals surface area (Å²) in [4.78, 5) is 21.8. The molecule has 1 saturated carbocycles. The molecule has 1 amide bonds. The van der Waals surface area contributed by atoms with Gasteiger partial charge in [-0.3, -0.25) is 4.79 Å².